The fourth-order valence-electron chi connectivity index (χ4n) is 4.80. The van der Waals surface area contributed by atoms with E-state index in [4.69, 9.17) is 18.9 Å². The molecule has 1 saturated heterocycles. The van der Waals surface area contributed by atoms with Gasteiger partial charge in [0.2, 0.25) is 0 Å². The van der Waals surface area contributed by atoms with E-state index in [1.807, 2.05) is 20.8 Å². The predicted molar refractivity (Wildman–Crippen MR) is 219 cm³/mol. The van der Waals surface area contributed by atoms with Crippen molar-refractivity contribution in [3.8, 4) is 0 Å². The first-order valence-electron chi connectivity index (χ1n) is 19.4. The Bertz CT molecular complexity index is 724. The van der Waals surface area contributed by atoms with E-state index < -0.39 is 0 Å². The molecule has 10 heteroatoms. The van der Waals surface area contributed by atoms with Gasteiger partial charge >= 0.3 is 51.5 Å². The minimum Gasteiger partial charge on any atom is 0 e. The molecule has 0 aromatic heterocycles. The molecular weight excluding hydrogens is 807 g/mol. The first-order chi connectivity index (χ1) is 23.7. The average Bonchev–Trinajstić information content (AvgIpc) is 3.09. The van der Waals surface area contributed by atoms with Crippen LogP contribution in [0.15, 0.2) is 24.8 Å². The van der Waals surface area contributed by atoms with Gasteiger partial charge in [-0.1, -0.05) is 143 Å². The van der Waals surface area contributed by atoms with Crippen molar-refractivity contribution in [3.63, 3.8) is 0 Å². The van der Waals surface area contributed by atoms with Crippen molar-refractivity contribution in [3.05, 3.63) is 24.8 Å². The maximum Gasteiger partial charge on any atom is 0 e. The Morgan fingerprint density at radius 2 is 1.34 bits per heavy atom. The van der Waals surface area contributed by atoms with Gasteiger partial charge < -0.3 is 18.9 Å². The molecule has 2 unspecified atom stereocenters. The van der Waals surface area contributed by atoms with Gasteiger partial charge in [0.15, 0.2) is 6.29 Å². The molecule has 0 amide bonds. The molecule has 2 atom stereocenters. The predicted octanol–water partition coefficient (Wildman–Crippen LogP) is 13.2. The van der Waals surface area contributed by atoms with Crippen LogP contribution < -0.4 is 0 Å². The Morgan fingerprint density at radius 3 is 1.78 bits per heavy atom. The van der Waals surface area contributed by atoms with Crippen molar-refractivity contribution in [2.24, 2.45) is 5.92 Å². The fourth-order valence-corrected chi connectivity index (χ4v) is 4.80. The zero-order valence-electron chi connectivity index (χ0n) is 33.4. The molecule has 1 rings (SSSR count). The van der Waals surface area contributed by atoms with Crippen molar-refractivity contribution in [1.29, 1.82) is 0 Å². The van der Waals surface area contributed by atoms with E-state index in [-0.39, 0.29) is 49.1 Å². The molecule has 298 valence electrons. The Balaban J connectivity index is -0.000000309. The van der Waals surface area contributed by atoms with Crippen LogP contribution in [0.4, 0.5) is 0 Å². The van der Waals surface area contributed by atoms with E-state index in [0.717, 1.165) is 38.9 Å². The van der Waals surface area contributed by atoms with Crippen LogP contribution >= 0.6 is 28.2 Å². The summed E-state index contributed by atoms with van der Waals surface area (Å²) in [6.45, 7) is 17.5. The fraction of sp³-hybridized carbons (Fsp3) is 0.850. The van der Waals surface area contributed by atoms with E-state index >= 15 is 0 Å². The van der Waals surface area contributed by atoms with Crippen LogP contribution in [-0.2, 0) is 39.9 Å². The Kier molecular flexibility index (Phi) is 56.5. The molecule has 1 aliphatic heterocycles. The summed E-state index contributed by atoms with van der Waals surface area (Å²) in [6.07, 6.45) is 34.1. The molecule has 1 fully saturated rings. The number of carbonyl (C=O) groups is 2. The minimum absolute atomic E-state index is 0. The second kappa shape index (κ2) is 49.4. The standard InChI is InChI=1S/C16H30O2.C15H30O2.C9H16O2.2BrH.Cu.Li/c1-3-4-5-6-7-8-9-10-11-12-13-14-15-18-16(2)17;1-2-3-4-5-6-7-8-10-13-16-15-12-9-11-14-17-15;1-5-8(6-2)11-9(10)7(3)4;;;;/h4-5H,3,6-15H2,1-2H3;15H,2-14H2,1H3;5,7-8H,1,6H2,2-4H3;2*1H;;/q;;;;;+2;/p-2/b5-4+;;;;;;. The summed E-state index contributed by atoms with van der Waals surface area (Å²) < 4.78 is 21.2. The SMILES string of the molecule is C=CC(CC)OC(=O)C(C)C.CC/C=C/CCCCCCCCCCOC(C)=O.CCCCCCCCCCOC1CCCCO1.[Br][Cu][Br].[Li]. The van der Waals surface area contributed by atoms with Crippen LogP contribution in [0.2, 0.25) is 0 Å². The van der Waals surface area contributed by atoms with Crippen LogP contribution in [0.3, 0.4) is 0 Å². The van der Waals surface area contributed by atoms with Gasteiger partial charge in [-0.05, 0) is 57.8 Å². The van der Waals surface area contributed by atoms with Crippen molar-refractivity contribution >= 4 is 59.0 Å². The van der Waals surface area contributed by atoms with Gasteiger partial charge in [0.05, 0.1) is 12.5 Å². The maximum atomic E-state index is 11.0. The number of rotatable bonds is 26. The molecule has 1 radical (unpaired) electrons. The molecule has 0 bridgehead atoms. The smallest absolute Gasteiger partial charge is 0 e. The number of allylic oxidation sites excluding steroid dienone is 2. The topological polar surface area (TPSA) is 71.1 Å². The Hall–Kier alpha value is 0.417. The van der Waals surface area contributed by atoms with Crippen LogP contribution in [0, 0.1) is 5.92 Å². The van der Waals surface area contributed by atoms with Gasteiger partial charge in [-0.3, -0.25) is 9.59 Å². The molecule has 1 heterocycles. The van der Waals surface area contributed by atoms with Crippen LogP contribution in [0.5, 0.6) is 0 Å². The molecule has 1 aliphatic rings. The van der Waals surface area contributed by atoms with Gasteiger partial charge in [0, 0.05) is 39.0 Å². The van der Waals surface area contributed by atoms with Gasteiger partial charge in [-0.15, -0.1) is 0 Å². The molecule has 50 heavy (non-hydrogen) atoms. The number of ether oxygens (including phenoxy) is 4. The van der Waals surface area contributed by atoms with Crippen molar-refractivity contribution in [1.82, 2.24) is 0 Å². The van der Waals surface area contributed by atoms with Crippen LogP contribution in [0.25, 0.3) is 0 Å². The molecule has 0 spiro atoms. The summed E-state index contributed by atoms with van der Waals surface area (Å²) in [6, 6.07) is 0. The summed E-state index contributed by atoms with van der Waals surface area (Å²) in [5.41, 5.74) is 0. The number of carbonyl (C=O) groups excluding carboxylic acids is 2. The van der Waals surface area contributed by atoms with Crippen LogP contribution in [0.1, 0.15) is 183 Å². The molecule has 0 aliphatic carbocycles. The number of esters is 2. The average molecular weight is 883 g/mol. The monoisotopic (exact) mass is 880 g/mol. The largest absolute Gasteiger partial charge is 0 e. The third-order valence-electron chi connectivity index (χ3n) is 7.82. The number of unbranched alkanes of at least 4 members (excludes halogenated alkanes) is 15. The third kappa shape index (κ3) is 50.5. The van der Waals surface area contributed by atoms with Gasteiger partial charge in [0.25, 0.3) is 0 Å². The second-order valence-corrected chi connectivity index (χ2v) is 17.5. The summed E-state index contributed by atoms with van der Waals surface area (Å²) in [5.74, 6) is -0.368. The molecule has 0 aromatic rings. The third-order valence-corrected chi connectivity index (χ3v) is 7.82. The normalized spacial score (nSPS) is 14.2. The van der Waals surface area contributed by atoms with Gasteiger partial charge in [-0.25, -0.2) is 0 Å². The zero-order chi connectivity index (χ0) is 37.2. The summed E-state index contributed by atoms with van der Waals surface area (Å²) in [5, 5.41) is 0. The van der Waals surface area contributed by atoms with Gasteiger partial charge in [0.1, 0.15) is 6.10 Å². The van der Waals surface area contributed by atoms with E-state index in [9.17, 15) is 9.59 Å². The van der Waals surface area contributed by atoms with E-state index in [0.29, 0.717) is 6.61 Å². The minimum atomic E-state index is -0.160. The maximum absolute atomic E-state index is 11.0. The van der Waals surface area contributed by atoms with Crippen molar-refractivity contribution < 1.29 is 39.9 Å². The molecule has 6 nitrogen and oxygen atoms in total. The van der Waals surface area contributed by atoms with Gasteiger partial charge in [-0.2, -0.15) is 0 Å². The van der Waals surface area contributed by atoms with E-state index in [2.05, 4.69) is 60.8 Å². The van der Waals surface area contributed by atoms with Crippen molar-refractivity contribution in [2.45, 2.75) is 195 Å². The first kappa shape index (κ1) is 57.1. The summed E-state index contributed by atoms with van der Waals surface area (Å²) in [4.78, 5) is 21.5. The zero-order valence-corrected chi connectivity index (χ0v) is 37.5. The van der Waals surface area contributed by atoms with E-state index in [1.165, 1.54) is 134 Å². The second-order valence-electron chi connectivity index (χ2n) is 12.8. The Labute approximate surface area is 342 Å². The summed E-state index contributed by atoms with van der Waals surface area (Å²) >= 11 is 7.38. The number of hydrogen-bond acceptors (Lipinski definition) is 6. The summed E-state index contributed by atoms with van der Waals surface area (Å²) in [7, 11) is 0. The van der Waals surface area contributed by atoms with Crippen molar-refractivity contribution in [2.75, 3.05) is 19.8 Å². The quantitative estimate of drug-likeness (QED) is 0.0373. The molecular formula is C40H76Br2CuLiO6. The first-order valence-corrected chi connectivity index (χ1v) is 24.0. The molecule has 0 aromatic carbocycles. The Morgan fingerprint density at radius 1 is 0.820 bits per heavy atom. The number of halogens is 2. The molecule has 0 saturated carbocycles. The number of hydrogen-bond donors (Lipinski definition) is 0. The molecule has 0 N–H and O–H groups in total. The van der Waals surface area contributed by atoms with E-state index in [1.54, 1.807) is 6.08 Å². The van der Waals surface area contributed by atoms with Crippen LogP contribution in [-0.4, -0.2) is 63.0 Å².